The van der Waals surface area contributed by atoms with Crippen LogP contribution in [-0.4, -0.2) is 30.5 Å². The van der Waals surface area contributed by atoms with Gasteiger partial charge in [-0.05, 0) is 19.1 Å². The van der Waals surface area contributed by atoms with Gasteiger partial charge in [-0.2, -0.15) is 0 Å². The molecule has 0 N–H and O–H groups in total. The molecule has 0 spiro atoms. The highest BCUT2D eigenvalue weighted by molar-refractivity contribution is 7.98. The zero-order valence-electron chi connectivity index (χ0n) is 15.7. The molecule has 0 amide bonds. The lowest BCUT2D eigenvalue weighted by atomic mass is 10.1. The first kappa shape index (κ1) is 18.3. The molecule has 0 radical (unpaired) electrons. The maximum Gasteiger partial charge on any atom is 0.277 e. The van der Waals surface area contributed by atoms with Crippen LogP contribution in [0.15, 0.2) is 73.4 Å². The Morgan fingerprint density at radius 1 is 0.867 bits per heavy atom. The molecule has 1 aromatic carbocycles. The Labute approximate surface area is 174 Å². The van der Waals surface area contributed by atoms with Gasteiger partial charge in [0, 0.05) is 18.0 Å². The van der Waals surface area contributed by atoms with Crippen LogP contribution in [0.5, 0.6) is 0 Å². The van der Waals surface area contributed by atoms with Crippen LogP contribution in [0.1, 0.15) is 11.7 Å². The molecule has 0 saturated heterocycles. The zero-order valence-corrected chi connectivity index (χ0v) is 16.5. The molecule has 5 rings (SSSR count). The van der Waals surface area contributed by atoms with Gasteiger partial charge in [-0.15, -0.1) is 20.4 Å². The molecule has 0 aliphatic heterocycles. The quantitative estimate of drug-likeness (QED) is 0.366. The van der Waals surface area contributed by atoms with Crippen LogP contribution in [0.25, 0.3) is 34.2 Å². The monoisotopic (exact) mass is 418 g/mol. The summed E-state index contributed by atoms with van der Waals surface area (Å²) < 4.78 is 16.9. The molecule has 0 saturated carbocycles. The first-order valence-electron chi connectivity index (χ1n) is 8.99. The Balaban J connectivity index is 1.33. The molecule has 4 heterocycles. The van der Waals surface area contributed by atoms with Gasteiger partial charge >= 0.3 is 0 Å². The van der Waals surface area contributed by atoms with Crippen molar-refractivity contribution in [2.75, 3.05) is 0 Å². The number of benzene rings is 1. The molecule has 0 fully saturated rings. The van der Waals surface area contributed by atoms with Crippen molar-refractivity contribution in [1.82, 2.24) is 30.5 Å². The molecule has 4 aromatic heterocycles. The van der Waals surface area contributed by atoms with E-state index in [0.717, 1.165) is 11.1 Å². The summed E-state index contributed by atoms with van der Waals surface area (Å²) in [6, 6.07) is 13.4. The van der Waals surface area contributed by atoms with Crippen LogP contribution < -0.4 is 0 Å². The van der Waals surface area contributed by atoms with Gasteiger partial charge in [0.2, 0.25) is 11.8 Å². The molecule has 0 bridgehead atoms. The highest BCUT2D eigenvalue weighted by atomic mass is 32.2. The molecular formula is C20H14N6O3S. The summed E-state index contributed by atoms with van der Waals surface area (Å²) in [7, 11) is 0. The molecule has 0 aliphatic rings. The topological polar surface area (TPSA) is 117 Å². The second-order valence-electron chi connectivity index (χ2n) is 6.23. The number of hydrogen-bond acceptors (Lipinski definition) is 10. The second-order valence-corrected chi connectivity index (χ2v) is 7.16. The van der Waals surface area contributed by atoms with Gasteiger partial charge in [-0.25, -0.2) is 0 Å². The van der Waals surface area contributed by atoms with E-state index in [9.17, 15) is 0 Å². The van der Waals surface area contributed by atoms with Crippen molar-refractivity contribution in [3.63, 3.8) is 0 Å². The SMILES string of the molecule is Cc1onc(-c2ccccc2)c1-c1nnc(CSc2nnc(-c3cccnc3)o2)o1. The minimum atomic E-state index is 0.352. The Bertz CT molecular complexity index is 1270. The van der Waals surface area contributed by atoms with Gasteiger partial charge < -0.3 is 13.4 Å². The van der Waals surface area contributed by atoms with Crippen LogP contribution in [0.4, 0.5) is 0 Å². The minimum absolute atomic E-state index is 0.352. The molecule has 10 heteroatoms. The van der Waals surface area contributed by atoms with E-state index in [1.54, 1.807) is 12.4 Å². The van der Waals surface area contributed by atoms with Crippen molar-refractivity contribution in [3.05, 3.63) is 66.5 Å². The van der Waals surface area contributed by atoms with Gasteiger partial charge in [-0.3, -0.25) is 4.98 Å². The van der Waals surface area contributed by atoms with Crippen molar-refractivity contribution < 1.29 is 13.4 Å². The van der Waals surface area contributed by atoms with Gasteiger partial charge in [0.15, 0.2) is 0 Å². The predicted octanol–water partition coefficient (Wildman–Crippen LogP) is 4.44. The van der Waals surface area contributed by atoms with Crippen molar-refractivity contribution in [1.29, 1.82) is 0 Å². The van der Waals surface area contributed by atoms with Gasteiger partial charge in [0.1, 0.15) is 17.0 Å². The lowest BCUT2D eigenvalue weighted by Gasteiger charge is -1.98. The molecule has 30 heavy (non-hydrogen) atoms. The van der Waals surface area contributed by atoms with E-state index >= 15 is 0 Å². The molecule has 9 nitrogen and oxygen atoms in total. The third-order valence-electron chi connectivity index (χ3n) is 4.22. The summed E-state index contributed by atoms with van der Waals surface area (Å²) in [5.74, 6) is 2.17. The number of aromatic nitrogens is 6. The van der Waals surface area contributed by atoms with Crippen LogP contribution in [-0.2, 0) is 5.75 Å². The van der Waals surface area contributed by atoms with E-state index in [1.807, 2.05) is 49.4 Å². The summed E-state index contributed by atoms with van der Waals surface area (Å²) >= 11 is 1.31. The Morgan fingerprint density at radius 3 is 2.53 bits per heavy atom. The molecule has 0 unspecified atom stereocenters. The van der Waals surface area contributed by atoms with Crippen LogP contribution in [0, 0.1) is 6.92 Å². The molecule has 0 aliphatic carbocycles. The minimum Gasteiger partial charge on any atom is -0.420 e. The molecule has 5 aromatic rings. The average molecular weight is 418 g/mol. The highest BCUT2D eigenvalue weighted by Gasteiger charge is 2.22. The smallest absolute Gasteiger partial charge is 0.277 e. The predicted molar refractivity (Wildman–Crippen MR) is 107 cm³/mol. The molecule has 148 valence electrons. The van der Waals surface area contributed by atoms with Crippen LogP contribution in [0.3, 0.4) is 0 Å². The third-order valence-corrected chi connectivity index (χ3v) is 5.03. The molecular weight excluding hydrogens is 404 g/mol. The summed E-state index contributed by atoms with van der Waals surface area (Å²) in [4.78, 5) is 4.05. The molecule has 0 atom stereocenters. The lowest BCUT2D eigenvalue weighted by molar-refractivity contribution is 0.399. The van der Waals surface area contributed by atoms with E-state index in [4.69, 9.17) is 13.4 Å². The maximum atomic E-state index is 5.84. The summed E-state index contributed by atoms with van der Waals surface area (Å²) in [5.41, 5.74) is 3.01. The Morgan fingerprint density at radius 2 is 1.70 bits per heavy atom. The number of nitrogens with zero attached hydrogens (tertiary/aromatic N) is 6. The van der Waals surface area contributed by atoms with Crippen molar-refractivity contribution in [2.24, 2.45) is 0 Å². The first-order valence-corrected chi connectivity index (χ1v) is 9.97. The number of pyridine rings is 1. The third kappa shape index (κ3) is 3.60. The maximum absolute atomic E-state index is 5.84. The fraction of sp³-hybridized carbons (Fsp3) is 0.100. The van der Waals surface area contributed by atoms with Gasteiger partial charge in [-0.1, -0.05) is 47.3 Å². The summed E-state index contributed by atoms with van der Waals surface area (Å²) in [5, 5.41) is 20.9. The lowest BCUT2D eigenvalue weighted by Crippen LogP contribution is -1.84. The summed E-state index contributed by atoms with van der Waals surface area (Å²) in [6.07, 6.45) is 3.35. The van der Waals surface area contributed by atoms with E-state index in [1.165, 1.54) is 11.8 Å². The van der Waals surface area contributed by atoms with Gasteiger partial charge in [0.25, 0.3) is 11.1 Å². The van der Waals surface area contributed by atoms with Crippen molar-refractivity contribution >= 4 is 11.8 Å². The van der Waals surface area contributed by atoms with E-state index in [-0.39, 0.29) is 0 Å². The van der Waals surface area contributed by atoms with E-state index in [0.29, 0.717) is 45.7 Å². The Kier molecular flexibility index (Phi) is 4.81. The number of rotatable bonds is 6. The fourth-order valence-corrected chi connectivity index (χ4v) is 3.43. The largest absolute Gasteiger partial charge is 0.420 e. The van der Waals surface area contributed by atoms with E-state index < -0.39 is 0 Å². The van der Waals surface area contributed by atoms with Gasteiger partial charge in [0.05, 0.1) is 11.3 Å². The van der Waals surface area contributed by atoms with E-state index in [2.05, 4.69) is 30.5 Å². The first-order chi connectivity index (χ1) is 14.8. The number of aryl methyl sites for hydroxylation is 1. The van der Waals surface area contributed by atoms with Crippen LogP contribution in [0.2, 0.25) is 0 Å². The normalized spacial score (nSPS) is 11.1. The number of thioether (sulfide) groups is 1. The average Bonchev–Trinajstić information content (AvgIpc) is 3.53. The zero-order chi connectivity index (χ0) is 20.3. The van der Waals surface area contributed by atoms with Crippen LogP contribution >= 0.6 is 11.8 Å². The fourth-order valence-electron chi connectivity index (χ4n) is 2.83. The van der Waals surface area contributed by atoms with Crippen molar-refractivity contribution in [2.45, 2.75) is 17.9 Å². The van der Waals surface area contributed by atoms with Crippen molar-refractivity contribution in [3.8, 4) is 34.2 Å². The highest BCUT2D eigenvalue weighted by Crippen LogP contribution is 2.34. The summed E-state index contributed by atoms with van der Waals surface area (Å²) in [6.45, 7) is 1.81. The standard InChI is InChI=1S/C20H14N6O3S/c1-12-16(17(26-29-12)13-6-3-2-4-7-13)19-24-22-15(27-19)11-30-20-25-23-18(28-20)14-8-5-9-21-10-14/h2-10H,11H2,1H3. The Hall–Kier alpha value is -3.79. The second kappa shape index (κ2) is 7.91. The number of hydrogen-bond donors (Lipinski definition) is 0.